The second-order valence-corrected chi connectivity index (χ2v) is 7.26. The zero-order valence-electron chi connectivity index (χ0n) is 17.7. The van der Waals surface area contributed by atoms with E-state index in [1.165, 1.54) is 0 Å². The van der Waals surface area contributed by atoms with Gasteiger partial charge in [-0.3, -0.25) is 14.7 Å². The molecule has 0 aliphatic carbocycles. The van der Waals surface area contributed by atoms with Crippen molar-refractivity contribution in [1.29, 1.82) is 0 Å². The number of aliphatic carboxylic acids is 2. The lowest BCUT2D eigenvalue weighted by molar-refractivity contribution is -0.193. The van der Waals surface area contributed by atoms with Gasteiger partial charge in [0.25, 0.3) is 0 Å². The lowest BCUT2D eigenvalue weighted by Gasteiger charge is -2.24. The van der Waals surface area contributed by atoms with Gasteiger partial charge in [-0.2, -0.15) is 26.3 Å². The van der Waals surface area contributed by atoms with Gasteiger partial charge in [-0.15, -0.1) is 0 Å². The molecule has 0 bridgehead atoms. The Kier molecular flexibility index (Phi) is 8.84. The molecule has 2 aromatic rings. The summed E-state index contributed by atoms with van der Waals surface area (Å²) in [7, 11) is 0. The van der Waals surface area contributed by atoms with Gasteiger partial charge in [-0.1, -0.05) is 0 Å². The van der Waals surface area contributed by atoms with Crippen LogP contribution in [0.4, 0.5) is 32.0 Å². The molecular formula is C20H19F6N3O6. The van der Waals surface area contributed by atoms with Gasteiger partial charge in [0.15, 0.2) is 0 Å². The molecule has 0 unspecified atom stereocenters. The van der Waals surface area contributed by atoms with Gasteiger partial charge in [0.2, 0.25) is 5.91 Å². The molecule has 2 aliphatic heterocycles. The van der Waals surface area contributed by atoms with Crippen LogP contribution >= 0.6 is 0 Å². The van der Waals surface area contributed by atoms with E-state index in [4.69, 9.17) is 24.2 Å². The molecule has 192 valence electrons. The maximum atomic E-state index is 12.4. The van der Waals surface area contributed by atoms with Crippen LogP contribution in [0.15, 0.2) is 47.3 Å². The number of alkyl halides is 6. The molecule has 0 aromatic carbocycles. The van der Waals surface area contributed by atoms with Crippen molar-refractivity contribution < 1.29 is 55.4 Å². The van der Waals surface area contributed by atoms with Gasteiger partial charge in [0.1, 0.15) is 5.76 Å². The van der Waals surface area contributed by atoms with Crippen molar-refractivity contribution in [3.63, 3.8) is 0 Å². The molecule has 2 fully saturated rings. The Labute approximate surface area is 193 Å². The molecule has 2 aromatic heterocycles. The molecule has 2 atom stereocenters. The first-order chi connectivity index (χ1) is 16.2. The lowest BCUT2D eigenvalue weighted by atomic mass is 10.1. The van der Waals surface area contributed by atoms with Gasteiger partial charge in [-0.05, 0) is 30.7 Å². The Morgan fingerprint density at radius 3 is 2.09 bits per heavy atom. The number of anilines is 1. The summed E-state index contributed by atoms with van der Waals surface area (Å²) in [4.78, 5) is 38.6. The number of aromatic nitrogens is 1. The first kappa shape index (κ1) is 27.6. The summed E-state index contributed by atoms with van der Waals surface area (Å²) < 4.78 is 68.9. The van der Waals surface area contributed by atoms with Gasteiger partial charge in [-0.25, -0.2) is 9.59 Å². The van der Waals surface area contributed by atoms with Gasteiger partial charge in [0, 0.05) is 25.2 Å². The van der Waals surface area contributed by atoms with E-state index in [0.717, 1.165) is 31.0 Å². The van der Waals surface area contributed by atoms with Crippen LogP contribution in [0, 0.1) is 0 Å². The quantitative estimate of drug-likeness (QED) is 0.602. The van der Waals surface area contributed by atoms with Crippen molar-refractivity contribution in [2.45, 2.75) is 43.8 Å². The average Bonchev–Trinajstić information content (AvgIpc) is 3.47. The highest BCUT2D eigenvalue weighted by Gasteiger charge is 2.47. The van der Waals surface area contributed by atoms with Crippen molar-refractivity contribution in [3.05, 3.63) is 48.7 Å². The number of halogens is 6. The molecule has 9 nitrogen and oxygen atoms in total. The lowest BCUT2D eigenvalue weighted by Crippen LogP contribution is -2.37. The van der Waals surface area contributed by atoms with Crippen LogP contribution in [0.5, 0.6) is 0 Å². The molecule has 4 heterocycles. The number of carboxylic acid groups (broad SMARTS) is 2. The van der Waals surface area contributed by atoms with Crippen molar-refractivity contribution >= 4 is 23.5 Å². The number of pyridine rings is 1. The Bertz CT molecular complexity index is 973. The van der Waals surface area contributed by atoms with E-state index in [9.17, 15) is 31.1 Å². The van der Waals surface area contributed by atoms with Crippen LogP contribution in [0.1, 0.15) is 18.6 Å². The maximum Gasteiger partial charge on any atom is 0.490 e. The van der Waals surface area contributed by atoms with Crippen LogP contribution in [0.2, 0.25) is 0 Å². The number of hydrogen-bond donors (Lipinski definition) is 2. The summed E-state index contributed by atoms with van der Waals surface area (Å²) in [5.41, 5.74) is 0.912. The summed E-state index contributed by atoms with van der Waals surface area (Å²) in [5, 5.41) is 14.2. The summed E-state index contributed by atoms with van der Waals surface area (Å²) in [5.74, 6) is -4.36. The summed E-state index contributed by atoms with van der Waals surface area (Å²) in [6.07, 6.45) is -3.37. The highest BCUT2D eigenvalue weighted by Crippen LogP contribution is 2.36. The summed E-state index contributed by atoms with van der Waals surface area (Å²) in [6, 6.07) is 8.28. The predicted octanol–water partition coefficient (Wildman–Crippen LogP) is 3.32. The van der Waals surface area contributed by atoms with Crippen molar-refractivity contribution in [2.24, 2.45) is 0 Å². The van der Waals surface area contributed by atoms with Gasteiger partial charge < -0.3 is 19.5 Å². The van der Waals surface area contributed by atoms with E-state index in [2.05, 4.69) is 9.88 Å². The number of carbonyl (C=O) groups is 3. The first-order valence-corrected chi connectivity index (χ1v) is 9.80. The fraction of sp³-hybridized carbons (Fsp3) is 0.400. The standard InChI is InChI=1S/C16H17N3O2.2C2HF3O2/c20-16-9-15-14(19(16)12-3-1-6-17-10-12)5-7-18(15)11-13-4-2-8-21-13;2*3-2(4,5)1(6)7/h1-4,6,8,10,14-15H,5,7,9,11H2;2*(H,6,7)/t14-,15+;;/m0../s1. The molecule has 1 amide bonds. The minimum absolute atomic E-state index is 0.196. The van der Waals surface area contributed by atoms with E-state index in [1.807, 2.05) is 29.2 Å². The molecule has 0 saturated carbocycles. The van der Waals surface area contributed by atoms with Crippen molar-refractivity contribution in [3.8, 4) is 0 Å². The van der Waals surface area contributed by atoms with Crippen LogP contribution < -0.4 is 4.90 Å². The smallest absolute Gasteiger partial charge is 0.475 e. The van der Waals surface area contributed by atoms with Gasteiger partial charge in [0.05, 0.1) is 30.7 Å². The fourth-order valence-electron chi connectivity index (χ4n) is 3.56. The largest absolute Gasteiger partial charge is 0.490 e. The van der Waals surface area contributed by atoms with Crippen LogP contribution in [0.25, 0.3) is 0 Å². The van der Waals surface area contributed by atoms with Crippen LogP contribution in [0.3, 0.4) is 0 Å². The van der Waals surface area contributed by atoms with Crippen molar-refractivity contribution in [1.82, 2.24) is 9.88 Å². The number of nitrogens with zero attached hydrogens (tertiary/aromatic N) is 3. The minimum atomic E-state index is -5.08. The van der Waals surface area contributed by atoms with Gasteiger partial charge >= 0.3 is 24.3 Å². The number of furan rings is 1. The van der Waals surface area contributed by atoms with E-state index in [-0.39, 0.29) is 18.0 Å². The number of fused-ring (bicyclic) bond motifs is 1. The molecule has 4 rings (SSSR count). The maximum absolute atomic E-state index is 12.4. The Balaban J connectivity index is 0.000000257. The Morgan fingerprint density at radius 1 is 1.03 bits per heavy atom. The van der Waals surface area contributed by atoms with E-state index < -0.39 is 24.3 Å². The van der Waals surface area contributed by atoms with E-state index in [1.54, 1.807) is 18.7 Å². The zero-order valence-corrected chi connectivity index (χ0v) is 17.7. The highest BCUT2D eigenvalue weighted by atomic mass is 19.4. The minimum Gasteiger partial charge on any atom is -0.475 e. The Hall–Kier alpha value is -3.62. The number of hydrogen-bond acceptors (Lipinski definition) is 6. The molecule has 0 radical (unpaired) electrons. The summed E-state index contributed by atoms with van der Waals surface area (Å²) >= 11 is 0. The third-order valence-corrected chi connectivity index (χ3v) is 4.96. The van der Waals surface area contributed by atoms with E-state index >= 15 is 0 Å². The van der Waals surface area contributed by atoms with Crippen molar-refractivity contribution in [2.75, 3.05) is 11.4 Å². The number of amides is 1. The third kappa shape index (κ3) is 7.70. The number of likely N-dealkylation sites (tertiary alicyclic amines) is 1. The first-order valence-electron chi connectivity index (χ1n) is 9.80. The van der Waals surface area contributed by atoms with Crippen LogP contribution in [-0.2, 0) is 20.9 Å². The normalized spacial score (nSPS) is 19.8. The molecule has 2 aliphatic rings. The Morgan fingerprint density at radius 2 is 1.63 bits per heavy atom. The molecule has 35 heavy (non-hydrogen) atoms. The van der Waals surface area contributed by atoms with E-state index in [0.29, 0.717) is 6.42 Å². The second kappa shape index (κ2) is 11.2. The average molecular weight is 511 g/mol. The second-order valence-electron chi connectivity index (χ2n) is 7.26. The molecule has 15 heteroatoms. The topological polar surface area (TPSA) is 124 Å². The summed E-state index contributed by atoms with van der Waals surface area (Å²) in [6.45, 7) is 1.78. The molecule has 0 spiro atoms. The number of carbonyl (C=O) groups excluding carboxylic acids is 1. The zero-order chi connectivity index (χ0) is 26.4. The predicted molar refractivity (Wildman–Crippen MR) is 105 cm³/mol. The molecule has 2 N–H and O–H groups in total. The molecule has 2 saturated heterocycles. The third-order valence-electron chi connectivity index (χ3n) is 4.96. The number of carboxylic acids is 2. The SMILES string of the molecule is O=C(O)C(F)(F)F.O=C(O)C(F)(F)F.O=C1C[C@@H]2[C@H](CCN2Cc2ccco2)N1c1cccnc1. The molecular weight excluding hydrogens is 492 g/mol. The fourth-order valence-corrected chi connectivity index (χ4v) is 3.56. The number of rotatable bonds is 3. The highest BCUT2D eigenvalue weighted by molar-refractivity contribution is 5.97. The van der Waals surface area contributed by atoms with Crippen LogP contribution in [-0.4, -0.2) is 68.9 Å². The monoisotopic (exact) mass is 511 g/mol.